The van der Waals surface area contributed by atoms with Crippen LogP contribution < -0.4 is 5.32 Å². The third kappa shape index (κ3) is 3.56. The minimum Gasteiger partial charge on any atom is -0.480 e. The van der Waals surface area contributed by atoms with Crippen molar-refractivity contribution in [1.82, 2.24) is 5.32 Å². The van der Waals surface area contributed by atoms with Gasteiger partial charge >= 0.3 is 5.97 Å². The topological polar surface area (TPSA) is 49.3 Å². The number of thiophene rings is 1. The first kappa shape index (κ1) is 14.0. The predicted octanol–water partition coefficient (Wildman–Crippen LogP) is 3.95. The average Bonchev–Trinajstić information content (AvgIpc) is 2.62. The second kappa shape index (κ2) is 6.68. The molecule has 1 aliphatic carbocycles. The van der Waals surface area contributed by atoms with Crippen molar-refractivity contribution in [3.05, 3.63) is 20.8 Å². The maximum atomic E-state index is 11.4. The van der Waals surface area contributed by atoms with Crippen molar-refractivity contribution in [2.24, 2.45) is 0 Å². The van der Waals surface area contributed by atoms with E-state index in [0.717, 1.165) is 22.2 Å². The second-order valence-electron chi connectivity index (χ2n) is 4.76. The lowest BCUT2D eigenvalue weighted by atomic mass is 10.1. The lowest BCUT2D eigenvalue weighted by Gasteiger charge is -2.21. The fourth-order valence-corrected chi connectivity index (χ4v) is 4.10. The monoisotopic (exact) mass is 331 g/mol. The molecule has 0 bridgehead atoms. The lowest BCUT2D eigenvalue weighted by Crippen LogP contribution is -2.36. The van der Waals surface area contributed by atoms with E-state index in [9.17, 15) is 9.90 Å². The molecule has 0 saturated heterocycles. The van der Waals surface area contributed by atoms with Crippen LogP contribution in [-0.4, -0.2) is 17.1 Å². The van der Waals surface area contributed by atoms with Crippen LogP contribution in [0.25, 0.3) is 0 Å². The third-order valence-corrected chi connectivity index (χ3v) is 5.35. The van der Waals surface area contributed by atoms with Crippen LogP contribution in [0.4, 0.5) is 0 Å². The van der Waals surface area contributed by atoms with Gasteiger partial charge in [-0.3, -0.25) is 10.1 Å². The molecule has 1 aromatic rings. The first-order valence-corrected chi connectivity index (χ1v) is 8.07. The number of hydrogen-bond donors (Lipinski definition) is 2. The maximum Gasteiger partial charge on any atom is 0.326 e. The number of carboxylic acid groups (broad SMARTS) is 1. The Kier molecular flexibility index (Phi) is 5.21. The number of nitrogens with one attached hydrogen (secondary N) is 1. The maximum absolute atomic E-state index is 11.4. The molecule has 0 aromatic carbocycles. The summed E-state index contributed by atoms with van der Waals surface area (Å²) in [7, 11) is 0. The zero-order valence-electron chi connectivity index (χ0n) is 10.2. The highest BCUT2D eigenvalue weighted by Crippen LogP contribution is 2.30. The van der Waals surface area contributed by atoms with Crippen molar-refractivity contribution >= 4 is 33.2 Å². The molecule has 18 heavy (non-hydrogen) atoms. The molecule has 1 heterocycles. The van der Waals surface area contributed by atoms with Crippen LogP contribution in [0.3, 0.4) is 0 Å². The fourth-order valence-electron chi connectivity index (χ4n) is 2.45. The average molecular weight is 332 g/mol. The summed E-state index contributed by atoms with van der Waals surface area (Å²) in [6, 6.07) is 1.66. The smallest absolute Gasteiger partial charge is 0.326 e. The quantitative estimate of drug-likeness (QED) is 0.821. The summed E-state index contributed by atoms with van der Waals surface area (Å²) >= 11 is 4.91. The number of halogens is 1. The van der Waals surface area contributed by atoms with Gasteiger partial charge in [-0.05, 0) is 40.2 Å². The summed E-state index contributed by atoms with van der Waals surface area (Å²) in [5, 5.41) is 14.6. The van der Waals surface area contributed by atoms with Gasteiger partial charge in [-0.2, -0.15) is 0 Å². The predicted molar refractivity (Wildman–Crippen MR) is 77.0 cm³/mol. The molecule has 1 aliphatic rings. The van der Waals surface area contributed by atoms with Gasteiger partial charge in [0.15, 0.2) is 0 Å². The summed E-state index contributed by atoms with van der Waals surface area (Å²) in [6.07, 6.45) is 7.14. The Morgan fingerprint density at radius 1 is 1.39 bits per heavy atom. The zero-order chi connectivity index (χ0) is 13.0. The molecule has 2 N–H and O–H groups in total. The molecule has 1 saturated carbocycles. The van der Waals surface area contributed by atoms with Crippen molar-refractivity contribution in [3.8, 4) is 0 Å². The van der Waals surface area contributed by atoms with Crippen molar-refractivity contribution in [3.63, 3.8) is 0 Å². The molecule has 2 rings (SSSR count). The number of hydrogen-bond acceptors (Lipinski definition) is 3. The Hall–Kier alpha value is -0.390. The second-order valence-corrected chi connectivity index (χ2v) is 6.56. The van der Waals surface area contributed by atoms with Crippen molar-refractivity contribution in [2.45, 2.75) is 50.6 Å². The van der Waals surface area contributed by atoms with Crippen molar-refractivity contribution in [2.75, 3.05) is 0 Å². The zero-order valence-corrected chi connectivity index (χ0v) is 12.6. The van der Waals surface area contributed by atoms with E-state index in [0.29, 0.717) is 6.04 Å². The highest BCUT2D eigenvalue weighted by atomic mass is 79.9. The van der Waals surface area contributed by atoms with Crippen LogP contribution in [0, 0.1) is 0 Å². The molecule has 5 heteroatoms. The van der Waals surface area contributed by atoms with Crippen LogP contribution in [0.2, 0.25) is 0 Å². The molecule has 1 atom stereocenters. The van der Waals surface area contributed by atoms with Gasteiger partial charge in [0.2, 0.25) is 0 Å². The Morgan fingerprint density at radius 2 is 2.06 bits per heavy atom. The van der Waals surface area contributed by atoms with Gasteiger partial charge in [0.05, 0.1) is 0 Å². The Morgan fingerprint density at radius 3 is 2.56 bits per heavy atom. The van der Waals surface area contributed by atoms with Gasteiger partial charge < -0.3 is 5.11 Å². The minimum absolute atomic E-state index is 0.336. The van der Waals surface area contributed by atoms with Gasteiger partial charge in [0.1, 0.15) is 6.04 Å². The summed E-state index contributed by atoms with van der Waals surface area (Å²) in [6.45, 7) is 0. The molecular formula is C13H18BrNO2S. The Labute approximate surface area is 120 Å². The van der Waals surface area contributed by atoms with E-state index in [1.54, 1.807) is 0 Å². The number of rotatable bonds is 4. The molecule has 0 amide bonds. The van der Waals surface area contributed by atoms with E-state index in [2.05, 4.69) is 21.2 Å². The molecule has 100 valence electrons. The van der Waals surface area contributed by atoms with E-state index >= 15 is 0 Å². The summed E-state index contributed by atoms with van der Waals surface area (Å²) < 4.78 is 0.890. The van der Waals surface area contributed by atoms with Crippen LogP contribution >= 0.6 is 27.3 Å². The van der Waals surface area contributed by atoms with Crippen molar-refractivity contribution < 1.29 is 9.90 Å². The van der Waals surface area contributed by atoms with Gasteiger partial charge in [0, 0.05) is 15.4 Å². The Balaban J connectivity index is 2.06. The summed E-state index contributed by atoms with van der Waals surface area (Å²) in [5.41, 5.74) is 0. The highest BCUT2D eigenvalue weighted by Gasteiger charge is 2.26. The first-order valence-electron chi connectivity index (χ1n) is 6.40. The summed E-state index contributed by atoms with van der Waals surface area (Å²) in [5.74, 6) is -0.789. The van der Waals surface area contributed by atoms with E-state index in [-0.39, 0.29) is 0 Å². The lowest BCUT2D eigenvalue weighted by molar-refractivity contribution is -0.139. The Bertz CT molecular complexity index is 399. The molecule has 1 fully saturated rings. The fraction of sp³-hybridized carbons (Fsp3) is 0.615. The van der Waals surface area contributed by atoms with Crippen LogP contribution in [-0.2, 0) is 4.79 Å². The molecule has 1 unspecified atom stereocenters. The normalized spacial score (nSPS) is 19.4. The SMILES string of the molecule is O=C(O)C(NC1CCCCCC1)c1sccc1Br. The van der Waals surface area contributed by atoms with E-state index < -0.39 is 12.0 Å². The third-order valence-electron chi connectivity index (χ3n) is 3.41. The summed E-state index contributed by atoms with van der Waals surface area (Å²) in [4.78, 5) is 12.3. The highest BCUT2D eigenvalue weighted by molar-refractivity contribution is 9.10. The number of carbonyl (C=O) groups is 1. The largest absolute Gasteiger partial charge is 0.480 e. The van der Waals surface area contributed by atoms with Gasteiger partial charge in [-0.25, -0.2) is 0 Å². The molecule has 0 aliphatic heterocycles. The molecule has 1 aromatic heterocycles. The first-order chi connectivity index (χ1) is 8.68. The molecule has 0 spiro atoms. The standard InChI is InChI=1S/C13H18BrNO2S/c14-10-7-8-18-12(10)11(13(16)17)15-9-5-3-1-2-4-6-9/h7-9,11,15H,1-6H2,(H,16,17). The number of carboxylic acids is 1. The van der Waals surface area contributed by atoms with Crippen LogP contribution in [0.15, 0.2) is 15.9 Å². The van der Waals surface area contributed by atoms with Crippen LogP contribution in [0.5, 0.6) is 0 Å². The van der Waals surface area contributed by atoms with Crippen molar-refractivity contribution in [1.29, 1.82) is 0 Å². The molecule has 3 nitrogen and oxygen atoms in total. The molecule has 0 radical (unpaired) electrons. The van der Waals surface area contributed by atoms with Gasteiger partial charge in [-0.15, -0.1) is 11.3 Å². The van der Waals surface area contributed by atoms with E-state index in [1.165, 1.54) is 37.0 Å². The van der Waals surface area contributed by atoms with Gasteiger partial charge in [-0.1, -0.05) is 25.7 Å². The van der Waals surface area contributed by atoms with E-state index in [1.807, 2.05) is 11.4 Å². The van der Waals surface area contributed by atoms with Crippen LogP contribution in [0.1, 0.15) is 49.4 Å². The van der Waals surface area contributed by atoms with Gasteiger partial charge in [0.25, 0.3) is 0 Å². The van der Waals surface area contributed by atoms with E-state index in [4.69, 9.17) is 0 Å². The minimum atomic E-state index is -0.789. The number of aliphatic carboxylic acids is 1. The molecular weight excluding hydrogens is 314 g/mol.